The van der Waals surface area contributed by atoms with Crippen LogP contribution in [0.25, 0.3) is 0 Å². The highest BCUT2D eigenvalue weighted by atomic mass is 35.5. The van der Waals surface area contributed by atoms with Crippen LogP contribution >= 0.6 is 22.9 Å². The Kier molecular flexibility index (Phi) is 4.18. The molecule has 0 atom stereocenters. The first kappa shape index (κ1) is 14.4. The standard InChI is InChI=1S/C13H14ClNO2S2/c1-9-5-6-18-13(9)8-15-12-7-10(19(2,16)17)3-4-11(12)14/h3-7,15H,8H2,1-2H3. The Balaban J connectivity index is 2.23. The van der Waals surface area contributed by atoms with Gasteiger partial charge in [-0.15, -0.1) is 11.3 Å². The van der Waals surface area contributed by atoms with Crippen LogP contribution in [0.2, 0.25) is 5.02 Å². The molecular weight excluding hydrogens is 302 g/mol. The summed E-state index contributed by atoms with van der Waals surface area (Å²) in [5, 5.41) is 5.73. The van der Waals surface area contributed by atoms with Crippen molar-refractivity contribution in [1.82, 2.24) is 0 Å². The molecule has 0 saturated heterocycles. The van der Waals surface area contributed by atoms with Crippen LogP contribution in [-0.4, -0.2) is 14.7 Å². The molecule has 0 radical (unpaired) electrons. The second kappa shape index (κ2) is 5.53. The van der Waals surface area contributed by atoms with Crippen LogP contribution in [0.3, 0.4) is 0 Å². The lowest BCUT2D eigenvalue weighted by Gasteiger charge is -2.09. The predicted octanol–water partition coefficient (Wildman–Crippen LogP) is 3.73. The third-order valence-corrected chi connectivity index (χ3v) is 5.24. The minimum absolute atomic E-state index is 0.266. The molecule has 0 aliphatic carbocycles. The van der Waals surface area contributed by atoms with Crippen molar-refractivity contribution in [3.05, 3.63) is 45.1 Å². The second-order valence-electron chi connectivity index (χ2n) is 4.29. The van der Waals surface area contributed by atoms with Gasteiger partial charge in [0.25, 0.3) is 0 Å². The smallest absolute Gasteiger partial charge is 0.175 e. The Hall–Kier alpha value is -1.04. The van der Waals surface area contributed by atoms with Crippen LogP contribution in [0.1, 0.15) is 10.4 Å². The molecule has 2 aromatic rings. The molecule has 6 heteroatoms. The zero-order chi connectivity index (χ0) is 14.0. The van der Waals surface area contributed by atoms with E-state index in [0.29, 0.717) is 17.3 Å². The fraction of sp³-hybridized carbons (Fsp3) is 0.231. The van der Waals surface area contributed by atoms with Gasteiger partial charge in [-0.1, -0.05) is 11.6 Å². The lowest BCUT2D eigenvalue weighted by atomic mass is 10.2. The first-order valence-corrected chi connectivity index (χ1v) is 8.79. The molecule has 0 saturated carbocycles. The van der Waals surface area contributed by atoms with Gasteiger partial charge in [-0.3, -0.25) is 0 Å². The molecule has 1 aromatic heterocycles. The minimum atomic E-state index is -3.22. The van der Waals surface area contributed by atoms with E-state index in [1.54, 1.807) is 23.5 Å². The maximum atomic E-state index is 11.5. The van der Waals surface area contributed by atoms with Crippen molar-refractivity contribution < 1.29 is 8.42 Å². The summed E-state index contributed by atoms with van der Waals surface area (Å²) in [7, 11) is -3.22. The van der Waals surface area contributed by atoms with Gasteiger partial charge in [0.1, 0.15) is 0 Å². The van der Waals surface area contributed by atoms with Crippen molar-refractivity contribution >= 4 is 38.5 Å². The van der Waals surface area contributed by atoms with Crippen molar-refractivity contribution in [3.63, 3.8) is 0 Å². The van der Waals surface area contributed by atoms with Gasteiger partial charge in [-0.2, -0.15) is 0 Å². The van der Waals surface area contributed by atoms with Crippen LogP contribution < -0.4 is 5.32 Å². The number of halogens is 1. The van der Waals surface area contributed by atoms with Crippen LogP contribution in [-0.2, 0) is 16.4 Å². The van der Waals surface area contributed by atoms with E-state index in [0.717, 1.165) is 0 Å². The summed E-state index contributed by atoms with van der Waals surface area (Å²) in [6.45, 7) is 2.68. The molecule has 0 amide bonds. The number of thiophene rings is 1. The maximum Gasteiger partial charge on any atom is 0.175 e. The van der Waals surface area contributed by atoms with Crippen LogP contribution in [0.4, 0.5) is 5.69 Å². The fourth-order valence-electron chi connectivity index (χ4n) is 1.63. The van der Waals surface area contributed by atoms with Crippen molar-refractivity contribution in [1.29, 1.82) is 0 Å². The fourth-order valence-corrected chi connectivity index (χ4v) is 3.31. The number of rotatable bonds is 4. The monoisotopic (exact) mass is 315 g/mol. The van der Waals surface area contributed by atoms with E-state index in [9.17, 15) is 8.42 Å². The molecule has 0 spiro atoms. The van der Waals surface area contributed by atoms with E-state index in [4.69, 9.17) is 11.6 Å². The molecule has 1 N–H and O–H groups in total. The summed E-state index contributed by atoms with van der Waals surface area (Å²) in [6, 6.07) is 6.73. The molecule has 0 aliphatic rings. The van der Waals surface area contributed by atoms with Crippen molar-refractivity contribution in [2.75, 3.05) is 11.6 Å². The number of hydrogen-bond acceptors (Lipinski definition) is 4. The van der Waals surface area contributed by atoms with Gasteiger partial charge in [0, 0.05) is 17.7 Å². The van der Waals surface area contributed by atoms with Crippen molar-refractivity contribution in [3.8, 4) is 0 Å². The van der Waals surface area contributed by atoms with Gasteiger partial charge in [0.2, 0.25) is 0 Å². The zero-order valence-corrected chi connectivity index (χ0v) is 13.0. The summed E-state index contributed by atoms with van der Waals surface area (Å²) >= 11 is 7.73. The molecule has 3 nitrogen and oxygen atoms in total. The van der Waals surface area contributed by atoms with Gasteiger partial charge < -0.3 is 5.32 Å². The lowest BCUT2D eigenvalue weighted by Crippen LogP contribution is -2.02. The Morgan fingerprint density at radius 2 is 2.05 bits per heavy atom. The van der Waals surface area contributed by atoms with Crippen molar-refractivity contribution in [2.24, 2.45) is 0 Å². The van der Waals surface area contributed by atoms with Crippen molar-refractivity contribution in [2.45, 2.75) is 18.4 Å². The maximum absolute atomic E-state index is 11.5. The Morgan fingerprint density at radius 3 is 2.63 bits per heavy atom. The summed E-state index contributed by atoms with van der Waals surface area (Å²) in [5.41, 5.74) is 1.85. The molecule has 1 heterocycles. The minimum Gasteiger partial charge on any atom is -0.379 e. The molecule has 2 rings (SSSR count). The molecule has 1 aromatic carbocycles. The summed E-state index contributed by atoms with van der Waals surface area (Å²) in [5.74, 6) is 0. The highest BCUT2D eigenvalue weighted by Gasteiger charge is 2.10. The van der Waals surface area contributed by atoms with Gasteiger partial charge >= 0.3 is 0 Å². The molecular formula is C13H14ClNO2S2. The normalized spacial score (nSPS) is 11.5. The average Bonchev–Trinajstić information content (AvgIpc) is 2.72. The van der Waals surface area contributed by atoms with E-state index in [-0.39, 0.29) is 4.90 Å². The number of anilines is 1. The van der Waals surface area contributed by atoms with E-state index in [1.807, 2.05) is 12.3 Å². The molecule has 0 unspecified atom stereocenters. The quantitative estimate of drug-likeness (QED) is 0.935. The highest BCUT2D eigenvalue weighted by Crippen LogP contribution is 2.26. The molecule has 0 fully saturated rings. The van der Waals surface area contributed by atoms with Crippen LogP contribution in [0, 0.1) is 6.92 Å². The number of hydrogen-bond donors (Lipinski definition) is 1. The Bertz CT molecular complexity index is 692. The SMILES string of the molecule is Cc1ccsc1CNc1cc(S(C)(=O)=O)ccc1Cl. The summed E-state index contributed by atoms with van der Waals surface area (Å²) < 4.78 is 23.0. The second-order valence-corrected chi connectivity index (χ2v) is 7.72. The largest absolute Gasteiger partial charge is 0.379 e. The summed E-state index contributed by atoms with van der Waals surface area (Å²) in [4.78, 5) is 1.48. The lowest BCUT2D eigenvalue weighted by molar-refractivity contribution is 0.602. The first-order chi connectivity index (χ1) is 8.88. The van der Waals surface area contributed by atoms with Gasteiger partial charge in [0.15, 0.2) is 9.84 Å². The number of sulfone groups is 1. The predicted molar refractivity (Wildman–Crippen MR) is 80.9 cm³/mol. The topological polar surface area (TPSA) is 46.2 Å². The van der Waals surface area contributed by atoms with Gasteiger partial charge in [0.05, 0.1) is 15.6 Å². The van der Waals surface area contributed by atoms with Gasteiger partial charge in [-0.25, -0.2) is 8.42 Å². The van der Waals surface area contributed by atoms with Crippen LogP contribution in [0.15, 0.2) is 34.5 Å². The third kappa shape index (κ3) is 3.49. The molecule has 102 valence electrons. The highest BCUT2D eigenvalue weighted by molar-refractivity contribution is 7.90. The third-order valence-electron chi connectivity index (χ3n) is 2.77. The zero-order valence-electron chi connectivity index (χ0n) is 10.6. The average molecular weight is 316 g/mol. The molecule has 0 aliphatic heterocycles. The van der Waals surface area contributed by atoms with E-state index >= 15 is 0 Å². The summed E-state index contributed by atoms with van der Waals surface area (Å²) in [6.07, 6.45) is 1.18. The van der Waals surface area contributed by atoms with E-state index < -0.39 is 9.84 Å². The van der Waals surface area contributed by atoms with Crippen LogP contribution in [0.5, 0.6) is 0 Å². The Morgan fingerprint density at radius 1 is 1.32 bits per heavy atom. The molecule has 19 heavy (non-hydrogen) atoms. The van der Waals surface area contributed by atoms with E-state index in [1.165, 1.54) is 22.8 Å². The van der Waals surface area contributed by atoms with E-state index in [2.05, 4.69) is 11.4 Å². The number of nitrogens with one attached hydrogen (secondary N) is 1. The van der Waals surface area contributed by atoms with Gasteiger partial charge in [-0.05, 0) is 42.1 Å². The number of benzene rings is 1. The number of aryl methyl sites for hydroxylation is 1. The molecule has 0 bridgehead atoms. The first-order valence-electron chi connectivity index (χ1n) is 5.64. The Labute approximate surface area is 122 Å².